The number of hydrogen-bond donors (Lipinski definition) is 3. The third-order valence-corrected chi connectivity index (χ3v) is 1.91. The van der Waals surface area contributed by atoms with Gasteiger partial charge in [-0.05, 0) is 24.3 Å². The van der Waals surface area contributed by atoms with Gasteiger partial charge in [-0.2, -0.15) is 0 Å². The summed E-state index contributed by atoms with van der Waals surface area (Å²) in [7, 11) is 0. The summed E-state index contributed by atoms with van der Waals surface area (Å²) in [5.41, 5.74) is 6.18. The molecule has 1 rings (SSSR count). The molecule has 0 radical (unpaired) electrons. The summed E-state index contributed by atoms with van der Waals surface area (Å²) in [4.78, 5) is 0. The summed E-state index contributed by atoms with van der Waals surface area (Å²) >= 11 is 5.70. The van der Waals surface area contributed by atoms with E-state index in [1.54, 1.807) is 12.1 Å². The van der Waals surface area contributed by atoms with E-state index in [1.165, 1.54) is 0 Å². The molecule has 0 aliphatic rings. The summed E-state index contributed by atoms with van der Waals surface area (Å²) in [6.07, 6.45) is -0.504. The minimum Gasteiger partial charge on any atom is -0.390 e. The number of hydrogen-bond acceptors (Lipinski definition) is 3. The molecule has 1 unspecified atom stereocenters. The average Bonchev–Trinajstić information content (AvgIpc) is 2.16. The van der Waals surface area contributed by atoms with Crippen LogP contribution in [0.4, 0.5) is 5.69 Å². The number of aliphatic hydroxyl groups is 1. The summed E-state index contributed by atoms with van der Waals surface area (Å²) < 4.78 is 0. The highest BCUT2D eigenvalue weighted by atomic mass is 35.5. The van der Waals surface area contributed by atoms with Crippen LogP contribution in [-0.4, -0.2) is 24.3 Å². The molecule has 1 atom stereocenters. The van der Waals surface area contributed by atoms with Crippen LogP contribution in [0.1, 0.15) is 0 Å². The van der Waals surface area contributed by atoms with E-state index in [1.807, 2.05) is 12.1 Å². The summed E-state index contributed by atoms with van der Waals surface area (Å²) in [5, 5.41) is 12.9. The molecule has 0 saturated carbocycles. The first-order chi connectivity index (χ1) is 6.22. The molecule has 0 amide bonds. The van der Waals surface area contributed by atoms with Gasteiger partial charge in [-0.3, -0.25) is 0 Å². The predicted octanol–water partition coefficient (Wildman–Crippen LogP) is 1.92. The molecule has 0 fully saturated rings. The Bertz CT molecular complexity index is 256. The van der Waals surface area contributed by atoms with Crippen LogP contribution >= 0.6 is 36.4 Å². The van der Waals surface area contributed by atoms with Crippen molar-refractivity contribution in [3.8, 4) is 0 Å². The lowest BCUT2D eigenvalue weighted by Crippen LogP contribution is -2.27. The molecule has 3 nitrogen and oxygen atoms in total. The fourth-order valence-electron chi connectivity index (χ4n) is 0.887. The number of halogens is 3. The van der Waals surface area contributed by atoms with Crippen LogP contribution in [-0.2, 0) is 0 Å². The molecule has 15 heavy (non-hydrogen) atoms. The average molecular weight is 274 g/mol. The zero-order valence-corrected chi connectivity index (χ0v) is 10.4. The largest absolute Gasteiger partial charge is 0.390 e. The molecule has 0 aliphatic heterocycles. The molecule has 0 heterocycles. The van der Waals surface area contributed by atoms with Crippen molar-refractivity contribution < 1.29 is 5.11 Å². The lowest BCUT2D eigenvalue weighted by molar-refractivity contribution is 0.196. The van der Waals surface area contributed by atoms with Crippen LogP contribution in [0.2, 0.25) is 5.02 Å². The van der Waals surface area contributed by atoms with Crippen molar-refractivity contribution in [1.29, 1.82) is 0 Å². The predicted molar refractivity (Wildman–Crippen MR) is 69.5 cm³/mol. The van der Waals surface area contributed by atoms with Crippen molar-refractivity contribution in [2.45, 2.75) is 6.10 Å². The van der Waals surface area contributed by atoms with Crippen molar-refractivity contribution in [2.24, 2.45) is 5.73 Å². The molecule has 1 aromatic carbocycles. The normalized spacial score (nSPS) is 10.9. The number of benzene rings is 1. The third-order valence-electron chi connectivity index (χ3n) is 1.66. The van der Waals surface area contributed by atoms with Gasteiger partial charge in [0.25, 0.3) is 0 Å². The highest BCUT2D eigenvalue weighted by molar-refractivity contribution is 6.30. The SMILES string of the molecule is Cl.Cl.NCC(O)CNc1ccc(Cl)cc1. The van der Waals surface area contributed by atoms with Crippen molar-refractivity contribution in [3.05, 3.63) is 29.3 Å². The minimum absolute atomic E-state index is 0. The Morgan fingerprint density at radius 1 is 1.27 bits per heavy atom. The molecule has 0 bridgehead atoms. The lowest BCUT2D eigenvalue weighted by Gasteiger charge is -2.10. The maximum absolute atomic E-state index is 9.16. The number of nitrogens with two attached hydrogens (primary N) is 1. The monoisotopic (exact) mass is 272 g/mol. The van der Waals surface area contributed by atoms with E-state index in [0.29, 0.717) is 11.6 Å². The van der Waals surface area contributed by atoms with Crippen LogP contribution < -0.4 is 11.1 Å². The fourth-order valence-corrected chi connectivity index (χ4v) is 1.01. The zero-order chi connectivity index (χ0) is 9.68. The van der Waals surface area contributed by atoms with Crippen molar-refractivity contribution in [2.75, 3.05) is 18.4 Å². The van der Waals surface area contributed by atoms with E-state index < -0.39 is 6.10 Å². The summed E-state index contributed by atoms with van der Waals surface area (Å²) in [6.45, 7) is 0.721. The molecule has 0 aromatic heterocycles. The molecular formula is C9H15Cl3N2O. The summed E-state index contributed by atoms with van der Waals surface area (Å²) in [6, 6.07) is 7.29. The molecule has 0 saturated heterocycles. The smallest absolute Gasteiger partial charge is 0.0834 e. The Hall–Kier alpha value is -0.190. The van der Waals surface area contributed by atoms with Gasteiger partial charge >= 0.3 is 0 Å². The van der Waals surface area contributed by atoms with Gasteiger partial charge in [0.2, 0.25) is 0 Å². The number of rotatable bonds is 4. The van der Waals surface area contributed by atoms with E-state index in [2.05, 4.69) is 5.32 Å². The molecule has 0 aliphatic carbocycles. The first-order valence-electron chi connectivity index (χ1n) is 4.10. The Balaban J connectivity index is 0. The van der Waals surface area contributed by atoms with Gasteiger partial charge < -0.3 is 16.2 Å². The van der Waals surface area contributed by atoms with Gasteiger partial charge in [0.15, 0.2) is 0 Å². The van der Waals surface area contributed by atoms with Gasteiger partial charge in [-0.15, -0.1) is 24.8 Å². The van der Waals surface area contributed by atoms with Gasteiger partial charge in [-0.1, -0.05) is 11.6 Å². The maximum Gasteiger partial charge on any atom is 0.0834 e. The van der Waals surface area contributed by atoms with Crippen LogP contribution in [0.15, 0.2) is 24.3 Å². The number of nitrogens with one attached hydrogen (secondary N) is 1. The Kier molecular flexibility index (Phi) is 10.4. The molecular weight excluding hydrogens is 258 g/mol. The summed E-state index contributed by atoms with van der Waals surface area (Å²) in [5.74, 6) is 0. The van der Waals surface area contributed by atoms with Crippen LogP contribution in [0.3, 0.4) is 0 Å². The van der Waals surface area contributed by atoms with Crippen LogP contribution in [0, 0.1) is 0 Å². The van der Waals surface area contributed by atoms with E-state index >= 15 is 0 Å². The van der Waals surface area contributed by atoms with Crippen molar-refractivity contribution in [1.82, 2.24) is 0 Å². The standard InChI is InChI=1S/C9H13ClN2O.2ClH/c10-7-1-3-8(4-2-7)12-6-9(13)5-11;;/h1-4,9,12-13H,5-6,11H2;2*1H. The number of aliphatic hydroxyl groups excluding tert-OH is 1. The van der Waals surface area contributed by atoms with E-state index in [0.717, 1.165) is 5.69 Å². The van der Waals surface area contributed by atoms with Gasteiger partial charge in [0.05, 0.1) is 6.10 Å². The quantitative estimate of drug-likeness (QED) is 0.785. The Morgan fingerprint density at radius 3 is 2.27 bits per heavy atom. The second kappa shape index (κ2) is 9.07. The maximum atomic E-state index is 9.16. The highest BCUT2D eigenvalue weighted by Crippen LogP contribution is 2.12. The van der Waals surface area contributed by atoms with E-state index in [4.69, 9.17) is 22.4 Å². The molecule has 1 aromatic rings. The highest BCUT2D eigenvalue weighted by Gasteiger charge is 1.99. The van der Waals surface area contributed by atoms with Crippen LogP contribution in [0.25, 0.3) is 0 Å². The molecule has 6 heteroatoms. The zero-order valence-electron chi connectivity index (χ0n) is 8.02. The second-order valence-corrected chi connectivity index (χ2v) is 3.21. The fraction of sp³-hybridized carbons (Fsp3) is 0.333. The minimum atomic E-state index is -0.504. The first-order valence-corrected chi connectivity index (χ1v) is 4.47. The second-order valence-electron chi connectivity index (χ2n) is 2.78. The van der Waals surface area contributed by atoms with E-state index in [-0.39, 0.29) is 31.4 Å². The topological polar surface area (TPSA) is 58.3 Å². The van der Waals surface area contributed by atoms with Gasteiger partial charge in [-0.25, -0.2) is 0 Å². The number of anilines is 1. The van der Waals surface area contributed by atoms with Crippen molar-refractivity contribution in [3.63, 3.8) is 0 Å². The Morgan fingerprint density at radius 2 is 1.80 bits per heavy atom. The molecule has 4 N–H and O–H groups in total. The molecule has 88 valence electrons. The first kappa shape index (κ1) is 17.2. The van der Waals surface area contributed by atoms with Gasteiger partial charge in [0, 0.05) is 23.8 Å². The lowest BCUT2D eigenvalue weighted by atomic mass is 10.3. The van der Waals surface area contributed by atoms with Crippen molar-refractivity contribution >= 4 is 42.1 Å². The third kappa shape index (κ3) is 6.82. The van der Waals surface area contributed by atoms with E-state index in [9.17, 15) is 0 Å². The molecule has 0 spiro atoms. The van der Waals surface area contributed by atoms with Gasteiger partial charge in [0.1, 0.15) is 0 Å². The Labute approximate surface area is 107 Å². The van der Waals surface area contributed by atoms with Crippen LogP contribution in [0.5, 0.6) is 0 Å².